The molecule has 0 unspecified atom stereocenters. The third kappa shape index (κ3) is 3.14. The number of aromatic nitrogens is 2. The van der Waals surface area contributed by atoms with Crippen LogP contribution < -0.4 is 5.32 Å². The van der Waals surface area contributed by atoms with Crippen LogP contribution in [0.3, 0.4) is 0 Å². The van der Waals surface area contributed by atoms with Gasteiger partial charge in [-0.2, -0.15) is 0 Å². The molecular weight excluding hydrogens is 217 g/mol. The highest BCUT2D eigenvalue weighted by atomic mass is 19.1. The number of aromatic amines is 1. The van der Waals surface area contributed by atoms with Crippen LogP contribution in [0.15, 0.2) is 30.5 Å². The third-order valence-corrected chi connectivity index (χ3v) is 2.72. The van der Waals surface area contributed by atoms with Crippen LogP contribution >= 0.6 is 0 Å². The zero-order chi connectivity index (χ0) is 12.3. The number of halogens is 1. The Morgan fingerprint density at radius 2 is 2.06 bits per heavy atom. The topological polar surface area (TPSA) is 40.7 Å². The zero-order valence-electron chi connectivity index (χ0n) is 10.00. The lowest BCUT2D eigenvalue weighted by Crippen LogP contribution is -2.18. The fraction of sp³-hybridized carbons (Fsp3) is 0.308. The van der Waals surface area contributed by atoms with Crippen LogP contribution in [0.4, 0.5) is 4.39 Å². The zero-order valence-corrected chi connectivity index (χ0v) is 10.00. The minimum absolute atomic E-state index is 0.180. The van der Waals surface area contributed by atoms with Gasteiger partial charge in [0.1, 0.15) is 11.6 Å². The average molecular weight is 233 g/mol. The highest BCUT2D eigenvalue weighted by Gasteiger charge is 2.05. The standard InChI is InChI=1S/C13H16FN3/c1-9(11-3-5-12(14)6-4-11)15-7-13-8-16-10(2)17-13/h3-6,8-9,15H,7H2,1-2H3,(H,16,17)/t9-/m1/s1. The van der Waals surface area contributed by atoms with E-state index in [1.807, 2.05) is 13.1 Å². The van der Waals surface area contributed by atoms with Crippen molar-refractivity contribution in [3.05, 3.63) is 53.4 Å². The molecule has 0 bridgehead atoms. The minimum atomic E-state index is -0.204. The molecule has 3 nitrogen and oxygen atoms in total. The summed E-state index contributed by atoms with van der Waals surface area (Å²) in [4.78, 5) is 7.29. The van der Waals surface area contributed by atoms with Gasteiger partial charge in [0.05, 0.1) is 0 Å². The first-order chi connectivity index (χ1) is 8.15. The number of hydrogen-bond acceptors (Lipinski definition) is 2. The Kier molecular flexibility index (Phi) is 3.54. The Morgan fingerprint density at radius 1 is 1.35 bits per heavy atom. The summed E-state index contributed by atoms with van der Waals surface area (Å²) in [5, 5.41) is 3.35. The van der Waals surface area contributed by atoms with Crippen LogP contribution in [0.1, 0.15) is 30.0 Å². The first-order valence-electron chi connectivity index (χ1n) is 5.64. The predicted octanol–water partition coefficient (Wildman–Crippen LogP) is 2.71. The SMILES string of the molecule is Cc1ncc(CN[C@H](C)c2ccc(F)cc2)[nH]1. The maximum absolute atomic E-state index is 12.8. The van der Waals surface area contributed by atoms with E-state index in [4.69, 9.17) is 0 Å². The molecule has 1 heterocycles. The van der Waals surface area contributed by atoms with Crippen molar-refractivity contribution in [3.8, 4) is 0 Å². The van der Waals surface area contributed by atoms with Crippen molar-refractivity contribution >= 4 is 0 Å². The third-order valence-electron chi connectivity index (χ3n) is 2.72. The van der Waals surface area contributed by atoms with Crippen molar-refractivity contribution in [2.24, 2.45) is 0 Å². The van der Waals surface area contributed by atoms with Gasteiger partial charge >= 0.3 is 0 Å². The molecule has 2 N–H and O–H groups in total. The summed E-state index contributed by atoms with van der Waals surface area (Å²) in [6, 6.07) is 6.73. The summed E-state index contributed by atoms with van der Waals surface area (Å²) in [6.45, 7) is 4.70. The largest absolute Gasteiger partial charge is 0.345 e. The number of nitrogens with one attached hydrogen (secondary N) is 2. The van der Waals surface area contributed by atoms with Crippen LogP contribution in [0.5, 0.6) is 0 Å². The second-order valence-electron chi connectivity index (χ2n) is 4.15. The molecular formula is C13H16FN3. The molecule has 0 aliphatic heterocycles. The van der Waals surface area contributed by atoms with Gasteiger partial charge in [0.2, 0.25) is 0 Å². The fourth-order valence-electron chi connectivity index (χ4n) is 1.69. The highest BCUT2D eigenvalue weighted by Crippen LogP contribution is 2.13. The second-order valence-corrected chi connectivity index (χ2v) is 4.15. The Hall–Kier alpha value is -1.68. The van der Waals surface area contributed by atoms with Crippen LogP contribution in [0.25, 0.3) is 0 Å². The van der Waals surface area contributed by atoms with Crippen molar-refractivity contribution < 1.29 is 4.39 Å². The lowest BCUT2D eigenvalue weighted by Gasteiger charge is -2.13. The summed E-state index contributed by atoms with van der Waals surface area (Å²) >= 11 is 0. The van der Waals surface area contributed by atoms with E-state index in [-0.39, 0.29) is 11.9 Å². The Labute approximate surface area is 100 Å². The van der Waals surface area contributed by atoms with E-state index in [9.17, 15) is 4.39 Å². The molecule has 0 saturated heterocycles. The van der Waals surface area contributed by atoms with Crippen molar-refractivity contribution in [1.29, 1.82) is 0 Å². The van der Waals surface area contributed by atoms with Gasteiger partial charge in [-0.15, -0.1) is 0 Å². The lowest BCUT2D eigenvalue weighted by atomic mass is 10.1. The lowest BCUT2D eigenvalue weighted by molar-refractivity contribution is 0.565. The molecule has 1 aromatic heterocycles. The summed E-state index contributed by atoms with van der Waals surface area (Å²) < 4.78 is 12.8. The number of aryl methyl sites for hydroxylation is 1. The maximum atomic E-state index is 12.8. The second kappa shape index (κ2) is 5.10. The quantitative estimate of drug-likeness (QED) is 0.852. The number of hydrogen-bond donors (Lipinski definition) is 2. The number of benzene rings is 1. The molecule has 2 aromatic rings. The summed E-state index contributed by atoms with van der Waals surface area (Å²) in [7, 11) is 0. The van der Waals surface area contributed by atoms with Crippen LogP contribution in [0, 0.1) is 12.7 Å². The van der Waals surface area contributed by atoms with Crippen LogP contribution in [-0.4, -0.2) is 9.97 Å². The first kappa shape index (κ1) is 11.8. The van der Waals surface area contributed by atoms with Crippen molar-refractivity contribution in [2.75, 3.05) is 0 Å². The van der Waals surface area contributed by atoms with E-state index >= 15 is 0 Å². The van der Waals surface area contributed by atoms with Gasteiger partial charge in [-0.05, 0) is 31.5 Å². The predicted molar refractivity (Wildman–Crippen MR) is 65.0 cm³/mol. The van der Waals surface area contributed by atoms with Crippen molar-refractivity contribution in [3.63, 3.8) is 0 Å². The monoisotopic (exact) mass is 233 g/mol. The molecule has 2 rings (SSSR count). The van der Waals surface area contributed by atoms with Crippen LogP contribution in [0.2, 0.25) is 0 Å². The smallest absolute Gasteiger partial charge is 0.123 e. The first-order valence-corrected chi connectivity index (χ1v) is 5.64. The van der Waals surface area contributed by atoms with E-state index < -0.39 is 0 Å². The van der Waals surface area contributed by atoms with Gasteiger partial charge in [-0.25, -0.2) is 9.37 Å². The van der Waals surface area contributed by atoms with Gasteiger partial charge in [0, 0.05) is 24.5 Å². The number of rotatable bonds is 4. The molecule has 17 heavy (non-hydrogen) atoms. The highest BCUT2D eigenvalue weighted by molar-refractivity contribution is 5.19. The molecule has 4 heteroatoms. The van der Waals surface area contributed by atoms with Gasteiger partial charge < -0.3 is 10.3 Å². The van der Waals surface area contributed by atoms with E-state index in [0.717, 1.165) is 23.6 Å². The molecule has 0 amide bonds. The summed E-state index contributed by atoms with van der Waals surface area (Å²) in [5.74, 6) is 0.710. The van der Waals surface area contributed by atoms with Crippen molar-refractivity contribution in [2.45, 2.75) is 26.4 Å². The number of H-pyrrole nitrogens is 1. The molecule has 0 fully saturated rings. The van der Waals surface area contributed by atoms with E-state index in [0.29, 0.717) is 0 Å². The van der Waals surface area contributed by atoms with E-state index in [2.05, 4.69) is 22.2 Å². The van der Waals surface area contributed by atoms with Gasteiger partial charge in [-0.1, -0.05) is 12.1 Å². The molecule has 0 aliphatic rings. The van der Waals surface area contributed by atoms with Crippen molar-refractivity contribution in [1.82, 2.24) is 15.3 Å². The van der Waals surface area contributed by atoms with E-state index in [1.165, 1.54) is 12.1 Å². The molecule has 0 aliphatic carbocycles. The molecule has 0 spiro atoms. The Balaban J connectivity index is 1.93. The fourth-order valence-corrected chi connectivity index (χ4v) is 1.69. The van der Waals surface area contributed by atoms with E-state index in [1.54, 1.807) is 12.1 Å². The Bertz CT molecular complexity index is 476. The van der Waals surface area contributed by atoms with Gasteiger partial charge in [-0.3, -0.25) is 0 Å². The van der Waals surface area contributed by atoms with Crippen LogP contribution in [-0.2, 0) is 6.54 Å². The molecule has 0 saturated carbocycles. The molecule has 1 aromatic carbocycles. The molecule has 0 radical (unpaired) electrons. The maximum Gasteiger partial charge on any atom is 0.123 e. The molecule has 90 valence electrons. The minimum Gasteiger partial charge on any atom is -0.345 e. The average Bonchev–Trinajstić information content (AvgIpc) is 2.73. The Morgan fingerprint density at radius 3 is 2.65 bits per heavy atom. The van der Waals surface area contributed by atoms with Gasteiger partial charge in [0.15, 0.2) is 0 Å². The van der Waals surface area contributed by atoms with Gasteiger partial charge in [0.25, 0.3) is 0 Å². The number of nitrogens with zero attached hydrogens (tertiary/aromatic N) is 1. The normalized spacial score (nSPS) is 12.6. The summed E-state index contributed by atoms with van der Waals surface area (Å²) in [6.07, 6.45) is 1.82. The number of imidazole rings is 1. The summed E-state index contributed by atoms with van der Waals surface area (Å²) in [5.41, 5.74) is 2.12. The molecule has 1 atom stereocenters.